The summed E-state index contributed by atoms with van der Waals surface area (Å²) in [7, 11) is 3.44. The van der Waals surface area contributed by atoms with Gasteiger partial charge in [-0.1, -0.05) is 0 Å². The van der Waals surface area contributed by atoms with E-state index >= 15 is 0 Å². The van der Waals surface area contributed by atoms with Gasteiger partial charge in [0.05, 0.1) is 12.7 Å². The molecule has 96 valence electrons. The molecule has 2 N–H and O–H groups in total. The van der Waals surface area contributed by atoms with Crippen molar-refractivity contribution in [1.82, 2.24) is 10.6 Å². The van der Waals surface area contributed by atoms with Crippen molar-refractivity contribution in [3.05, 3.63) is 0 Å². The minimum absolute atomic E-state index is 0.179. The quantitative estimate of drug-likeness (QED) is 0.570. The summed E-state index contributed by atoms with van der Waals surface area (Å²) in [6, 6.07) is 0. The van der Waals surface area contributed by atoms with Gasteiger partial charge < -0.3 is 20.1 Å². The molecule has 0 aromatic carbocycles. The van der Waals surface area contributed by atoms with E-state index in [0.29, 0.717) is 6.61 Å². The first-order chi connectivity index (χ1) is 7.86. The van der Waals surface area contributed by atoms with E-state index in [0.717, 1.165) is 19.0 Å². The molecular weight excluding hydrogens is 204 g/mol. The highest BCUT2D eigenvalue weighted by molar-refractivity contribution is 4.71. The highest BCUT2D eigenvalue weighted by Gasteiger charge is 2.13. The first-order valence-corrected chi connectivity index (χ1v) is 6.30. The Bertz CT molecular complexity index is 161. The van der Waals surface area contributed by atoms with E-state index in [9.17, 15) is 0 Å². The van der Waals surface area contributed by atoms with E-state index in [1.807, 2.05) is 0 Å². The highest BCUT2D eigenvalue weighted by atomic mass is 16.5. The summed E-state index contributed by atoms with van der Waals surface area (Å²) < 4.78 is 10.3. The van der Waals surface area contributed by atoms with Crippen LogP contribution >= 0.6 is 0 Å². The Morgan fingerprint density at radius 2 is 2.31 bits per heavy atom. The topological polar surface area (TPSA) is 42.5 Å². The van der Waals surface area contributed by atoms with E-state index in [1.54, 1.807) is 14.2 Å². The van der Waals surface area contributed by atoms with Crippen molar-refractivity contribution < 1.29 is 9.47 Å². The summed E-state index contributed by atoms with van der Waals surface area (Å²) in [4.78, 5) is 0. The number of hydrogen-bond acceptors (Lipinski definition) is 4. The Hall–Kier alpha value is -0.160. The molecule has 1 saturated heterocycles. The van der Waals surface area contributed by atoms with Crippen LogP contribution in [0.5, 0.6) is 0 Å². The van der Waals surface area contributed by atoms with Gasteiger partial charge in [-0.2, -0.15) is 0 Å². The molecule has 4 nitrogen and oxygen atoms in total. The van der Waals surface area contributed by atoms with Crippen LogP contribution in [0.4, 0.5) is 0 Å². The summed E-state index contributed by atoms with van der Waals surface area (Å²) in [5.41, 5.74) is 0. The second-order valence-electron chi connectivity index (χ2n) is 4.52. The van der Waals surface area contributed by atoms with Crippen molar-refractivity contribution in [1.29, 1.82) is 0 Å². The Balaban J connectivity index is 1.89. The lowest BCUT2D eigenvalue weighted by Crippen LogP contribution is -2.32. The lowest BCUT2D eigenvalue weighted by Gasteiger charge is -2.15. The molecular formula is C12H26N2O2. The zero-order valence-corrected chi connectivity index (χ0v) is 10.6. The summed E-state index contributed by atoms with van der Waals surface area (Å²) in [6.07, 6.45) is 4.13. The zero-order valence-electron chi connectivity index (χ0n) is 10.6. The van der Waals surface area contributed by atoms with Crippen LogP contribution in [0.2, 0.25) is 0 Å². The van der Waals surface area contributed by atoms with Gasteiger partial charge in [0.25, 0.3) is 0 Å². The summed E-state index contributed by atoms with van der Waals surface area (Å²) in [5.74, 6) is 0.902. The summed E-state index contributed by atoms with van der Waals surface area (Å²) >= 11 is 0. The fourth-order valence-corrected chi connectivity index (χ4v) is 2.14. The fourth-order valence-electron chi connectivity index (χ4n) is 2.14. The highest BCUT2D eigenvalue weighted by Crippen LogP contribution is 2.13. The van der Waals surface area contributed by atoms with Gasteiger partial charge in [-0.25, -0.2) is 0 Å². The maximum absolute atomic E-state index is 5.27. The maximum Gasteiger partial charge on any atom is 0.0928 e. The molecule has 1 aliphatic rings. The van der Waals surface area contributed by atoms with Crippen molar-refractivity contribution in [3.63, 3.8) is 0 Å². The first kappa shape index (κ1) is 13.9. The molecule has 0 aromatic heterocycles. The number of rotatable bonds is 9. The fraction of sp³-hybridized carbons (Fsp3) is 1.00. The number of nitrogens with one attached hydrogen (secondary N) is 2. The molecule has 0 spiro atoms. The molecule has 1 rings (SSSR count). The largest absolute Gasteiger partial charge is 0.382 e. The van der Waals surface area contributed by atoms with Crippen LogP contribution < -0.4 is 10.6 Å². The molecule has 0 saturated carbocycles. The van der Waals surface area contributed by atoms with Crippen molar-refractivity contribution in [3.8, 4) is 0 Å². The van der Waals surface area contributed by atoms with Crippen molar-refractivity contribution >= 4 is 0 Å². The van der Waals surface area contributed by atoms with Gasteiger partial charge in [-0.3, -0.25) is 0 Å². The van der Waals surface area contributed by atoms with Crippen molar-refractivity contribution in [2.75, 3.05) is 47.0 Å². The molecule has 16 heavy (non-hydrogen) atoms. The molecule has 2 unspecified atom stereocenters. The van der Waals surface area contributed by atoms with E-state index in [-0.39, 0.29) is 6.10 Å². The molecule has 2 atom stereocenters. The Morgan fingerprint density at radius 1 is 1.44 bits per heavy atom. The summed E-state index contributed by atoms with van der Waals surface area (Å²) in [6.45, 7) is 5.05. The third-order valence-electron chi connectivity index (χ3n) is 3.19. The van der Waals surface area contributed by atoms with E-state index in [4.69, 9.17) is 9.47 Å². The number of hydrogen-bond donors (Lipinski definition) is 2. The van der Waals surface area contributed by atoms with Gasteiger partial charge in [0.15, 0.2) is 0 Å². The van der Waals surface area contributed by atoms with Crippen LogP contribution in [-0.4, -0.2) is 53.1 Å². The third kappa shape index (κ3) is 5.80. The molecule has 1 fully saturated rings. The van der Waals surface area contributed by atoms with Crippen LogP contribution in [0.1, 0.15) is 19.3 Å². The normalized spacial score (nSPS) is 22.5. The van der Waals surface area contributed by atoms with E-state index in [2.05, 4.69) is 10.6 Å². The smallest absolute Gasteiger partial charge is 0.0928 e. The van der Waals surface area contributed by atoms with Crippen LogP contribution in [0.25, 0.3) is 0 Å². The molecule has 0 aromatic rings. The van der Waals surface area contributed by atoms with Gasteiger partial charge in [0, 0.05) is 20.8 Å². The Kier molecular flexibility index (Phi) is 7.76. The maximum atomic E-state index is 5.27. The third-order valence-corrected chi connectivity index (χ3v) is 3.19. The predicted octanol–water partition coefficient (Wildman–Crippen LogP) is 0.627. The molecule has 0 bridgehead atoms. The van der Waals surface area contributed by atoms with Gasteiger partial charge in [0.2, 0.25) is 0 Å². The molecule has 0 radical (unpaired) electrons. The first-order valence-electron chi connectivity index (χ1n) is 6.30. The average molecular weight is 230 g/mol. The lowest BCUT2D eigenvalue weighted by atomic mass is 10.0. The minimum atomic E-state index is 0.179. The standard InChI is InChI=1S/C12H26N2O2/c1-15-10-12(16-2)9-13-6-3-4-11-5-7-14-8-11/h11-14H,3-10H2,1-2H3. The second-order valence-corrected chi connectivity index (χ2v) is 4.52. The van der Waals surface area contributed by atoms with E-state index < -0.39 is 0 Å². The number of methoxy groups -OCH3 is 2. The van der Waals surface area contributed by atoms with Crippen molar-refractivity contribution in [2.45, 2.75) is 25.4 Å². The Morgan fingerprint density at radius 3 is 2.94 bits per heavy atom. The molecule has 1 heterocycles. The lowest BCUT2D eigenvalue weighted by molar-refractivity contribution is 0.0290. The second kappa shape index (κ2) is 8.93. The number of ether oxygens (including phenoxy) is 2. The van der Waals surface area contributed by atoms with Crippen molar-refractivity contribution in [2.24, 2.45) is 5.92 Å². The van der Waals surface area contributed by atoms with Crippen LogP contribution in [0.15, 0.2) is 0 Å². The SMILES string of the molecule is COCC(CNCCCC1CCNC1)OC. The minimum Gasteiger partial charge on any atom is -0.382 e. The van der Waals surface area contributed by atoms with Gasteiger partial charge in [-0.15, -0.1) is 0 Å². The predicted molar refractivity (Wildman–Crippen MR) is 65.8 cm³/mol. The van der Waals surface area contributed by atoms with E-state index in [1.165, 1.54) is 32.4 Å². The zero-order chi connectivity index (χ0) is 11.6. The molecule has 0 aliphatic carbocycles. The van der Waals surface area contributed by atoms with Gasteiger partial charge in [-0.05, 0) is 44.8 Å². The molecule has 4 heteroatoms. The van der Waals surface area contributed by atoms with Gasteiger partial charge in [0.1, 0.15) is 0 Å². The Labute approximate surface area is 99.1 Å². The van der Waals surface area contributed by atoms with Crippen LogP contribution in [-0.2, 0) is 9.47 Å². The molecule has 1 aliphatic heterocycles. The average Bonchev–Trinajstić information content (AvgIpc) is 2.80. The summed E-state index contributed by atoms with van der Waals surface area (Å²) in [5, 5.41) is 6.82. The van der Waals surface area contributed by atoms with Crippen LogP contribution in [0.3, 0.4) is 0 Å². The van der Waals surface area contributed by atoms with Gasteiger partial charge >= 0.3 is 0 Å². The molecule has 0 amide bonds. The van der Waals surface area contributed by atoms with Crippen LogP contribution in [0, 0.1) is 5.92 Å². The monoisotopic (exact) mass is 230 g/mol.